The van der Waals surface area contributed by atoms with Crippen LogP contribution in [0.5, 0.6) is 0 Å². The molecular weight excluding hydrogens is 208 g/mol. The van der Waals surface area contributed by atoms with Crippen LogP contribution in [-0.2, 0) is 4.74 Å². The fourth-order valence-corrected chi connectivity index (χ4v) is 1.20. The summed E-state index contributed by atoms with van der Waals surface area (Å²) >= 11 is 0. The predicted molar refractivity (Wildman–Crippen MR) is 57.0 cm³/mol. The molecule has 0 aliphatic carbocycles. The van der Waals surface area contributed by atoms with Crippen molar-refractivity contribution in [3.8, 4) is 0 Å². The quantitative estimate of drug-likeness (QED) is 0.674. The lowest BCUT2D eigenvalue weighted by Gasteiger charge is -2.18. The second-order valence-corrected chi connectivity index (χ2v) is 4.30. The summed E-state index contributed by atoms with van der Waals surface area (Å²) in [7, 11) is 0. The van der Waals surface area contributed by atoms with Gasteiger partial charge in [0.05, 0.1) is 6.20 Å². The van der Waals surface area contributed by atoms with Crippen LogP contribution in [0.1, 0.15) is 20.8 Å². The first-order chi connectivity index (χ1) is 7.47. The number of carbonyl (C=O) groups is 1. The number of hydrogen-bond donors (Lipinski definition) is 0. The molecule has 2 rings (SSSR count). The van der Waals surface area contributed by atoms with Gasteiger partial charge in [0, 0.05) is 12.4 Å². The van der Waals surface area contributed by atoms with E-state index < -0.39 is 11.7 Å². The Morgan fingerprint density at radius 1 is 1.31 bits per heavy atom. The maximum Gasteiger partial charge on any atom is 0.437 e. The zero-order valence-electron chi connectivity index (χ0n) is 9.34. The van der Waals surface area contributed by atoms with Gasteiger partial charge in [-0.25, -0.2) is 14.8 Å². The molecule has 2 aromatic heterocycles. The molecule has 2 aromatic rings. The van der Waals surface area contributed by atoms with Crippen molar-refractivity contribution in [3.63, 3.8) is 0 Å². The van der Waals surface area contributed by atoms with Crippen LogP contribution in [-0.4, -0.2) is 31.4 Å². The topological polar surface area (TPSA) is 69.9 Å². The minimum absolute atomic E-state index is 0.400. The third-order valence-electron chi connectivity index (χ3n) is 1.77. The van der Waals surface area contributed by atoms with Gasteiger partial charge in [-0.15, -0.1) is 4.68 Å². The monoisotopic (exact) mass is 220 g/mol. The summed E-state index contributed by atoms with van der Waals surface area (Å²) in [5, 5.41) is 3.90. The van der Waals surface area contributed by atoms with E-state index in [-0.39, 0.29) is 0 Å². The highest BCUT2D eigenvalue weighted by Crippen LogP contribution is 2.12. The number of aromatic nitrogens is 4. The summed E-state index contributed by atoms with van der Waals surface area (Å²) in [6.45, 7) is 5.38. The molecule has 6 nitrogen and oxygen atoms in total. The van der Waals surface area contributed by atoms with E-state index in [1.165, 1.54) is 12.4 Å². The maximum absolute atomic E-state index is 11.7. The van der Waals surface area contributed by atoms with E-state index >= 15 is 0 Å². The van der Waals surface area contributed by atoms with Crippen LogP contribution in [0.4, 0.5) is 4.79 Å². The Morgan fingerprint density at radius 3 is 2.69 bits per heavy atom. The van der Waals surface area contributed by atoms with Crippen LogP contribution in [0.15, 0.2) is 18.6 Å². The van der Waals surface area contributed by atoms with E-state index in [9.17, 15) is 4.79 Å². The second kappa shape index (κ2) is 3.55. The lowest BCUT2D eigenvalue weighted by molar-refractivity contribution is 0.0522. The van der Waals surface area contributed by atoms with E-state index in [1.807, 2.05) is 0 Å². The molecule has 0 saturated heterocycles. The number of fused-ring (bicyclic) bond motifs is 1. The highest BCUT2D eigenvalue weighted by molar-refractivity contribution is 5.82. The molecule has 0 bridgehead atoms. The Labute approximate surface area is 92.3 Å². The molecule has 16 heavy (non-hydrogen) atoms. The molecule has 0 aromatic carbocycles. The van der Waals surface area contributed by atoms with Crippen LogP contribution in [0.25, 0.3) is 11.2 Å². The highest BCUT2D eigenvalue weighted by atomic mass is 16.6. The van der Waals surface area contributed by atoms with Gasteiger partial charge in [-0.3, -0.25) is 0 Å². The second-order valence-electron chi connectivity index (χ2n) is 4.30. The molecule has 0 aliphatic heterocycles. The lowest BCUT2D eigenvalue weighted by atomic mass is 10.2. The average molecular weight is 220 g/mol. The normalized spacial score (nSPS) is 11.7. The van der Waals surface area contributed by atoms with Crippen LogP contribution in [0, 0.1) is 0 Å². The number of ether oxygens (including phenoxy) is 1. The van der Waals surface area contributed by atoms with E-state index in [0.717, 1.165) is 4.68 Å². The number of hydrogen-bond acceptors (Lipinski definition) is 5. The summed E-state index contributed by atoms with van der Waals surface area (Å²) in [6.07, 6.45) is 3.98. The van der Waals surface area contributed by atoms with Crippen molar-refractivity contribution in [3.05, 3.63) is 18.6 Å². The molecule has 0 radical (unpaired) electrons. The summed E-state index contributed by atoms with van der Waals surface area (Å²) in [4.78, 5) is 19.8. The molecule has 0 unspecified atom stereocenters. The third kappa shape index (κ3) is 2.00. The Hall–Kier alpha value is -1.98. The van der Waals surface area contributed by atoms with E-state index in [0.29, 0.717) is 11.2 Å². The zero-order valence-corrected chi connectivity index (χ0v) is 9.34. The minimum atomic E-state index is -0.558. The van der Waals surface area contributed by atoms with Crippen molar-refractivity contribution >= 4 is 17.3 Å². The van der Waals surface area contributed by atoms with Gasteiger partial charge in [-0.1, -0.05) is 0 Å². The lowest BCUT2D eigenvalue weighted by Crippen LogP contribution is -2.27. The van der Waals surface area contributed by atoms with Gasteiger partial charge in [0.2, 0.25) is 0 Å². The Morgan fingerprint density at radius 2 is 2.00 bits per heavy atom. The number of rotatable bonds is 0. The average Bonchev–Trinajstić information content (AvgIpc) is 2.58. The minimum Gasteiger partial charge on any atom is -0.442 e. The Kier molecular flexibility index (Phi) is 2.34. The van der Waals surface area contributed by atoms with Crippen molar-refractivity contribution in [2.75, 3.05) is 0 Å². The smallest absolute Gasteiger partial charge is 0.437 e. The molecule has 0 saturated carbocycles. The molecular formula is C10H12N4O2. The van der Waals surface area contributed by atoms with Crippen LogP contribution >= 0.6 is 0 Å². The van der Waals surface area contributed by atoms with Crippen LogP contribution in [0.3, 0.4) is 0 Å². The first-order valence-electron chi connectivity index (χ1n) is 4.85. The van der Waals surface area contributed by atoms with Gasteiger partial charge < -0.3 is 4.74 Å². The molecule has 0 amide bonds. The Balaban J connectivity index is 2.37. The van der Waals surface area contributed by atoms with E-state index in [1.54, 1.807) is 27.0 Å². The van der Waals surface area contributed by atoms with E-state index in [4.69, 9.17) is 4.74 Å². The van der Waals surface area contributed by atoms with Crippen molar-refractivity contribution in [2.24, 2.45) is 0 Å². The third-order valence-corrected chi connectivity index (χ3v) is 1.77. The first kappa shape index (κ1) is 10.5. The van der Waals surface area contributed by atoms with Crippen molar-refractivity contribution < 1.29 is 9.53 Å². The Bertz CT molecular complexity index is 527. The number of nitrogens with zero attached hydrogens (tertiary/aromatic N) is 4. The van der Waals surface area contributed by atoms with Gasteiger partial charge in [0.1, 0.15) is 11.1 Å². The fourth-order valence-electron chi connectivity index (χ4n) is 1.20. The summed E-state index contributed by atoms with van der Waals surface area (Å²) < 4.78 is 6.29. The largest absolute Gasteiger partial charge is 0.442 e. The molecule has 2 heterocycles. The predicted octanol–water partition coefficient (Wildman–Crippen LogP) is 1.61. The van der Waals surface area contributed by atoms with Gasteiger partial charge in [-0.2, -0.15) is 5.10 Å². The van der Waals surface area contributed by atoms with Gasteiger partial charge >= 0.3 is 6.09 Å². The fraction of sp³-hybridized carbons (Fsp3) is 0.400. The molecule has 84 valence electrons. The molecule has 0 N–H and O–H groups in total. The zero-order chi connectivity index (χ0) is 11.8. The van der Waals surface area contributed by atoms with Gasteiger partial charge in [-0.05, 0) is 20.8 Å². The standard InChI is InChI=1S/C10H12N4O2/c1-10(2,3)16-9(15)14-8-7(6-13-14)11-4-5-12-8/h4-6H,1-3H3. The first-order valence-corrected chi connectivity index (χ1v) is 4.85. The SMILES string of the molecule is CC(C)(C)OC(=O)n1ncc2nccnc21. The van der Waals surface area contributed by atoms with Gasteiger partial charge in [0.15, 0.2) is 5.65 Å². The summed E-state index contributed by atoms with van der Waals surface area (Å²) in [6, 6.07) is 0. The number of carbonyl (C=O) groups excluding carboxylic acids is 1. The van der Waals surface area contributed by atoms with Crippen LogP contribution < -0.4 is 0 Å². The van der Waals surface area contributed by atoms with Crippen LogP contribution in [0.2, 0.25) is 0 Å². The summed E-state index contributed by atoms with van der Waals surface area (Å²) in [5.74, 6) is 0. The summed E-state index contributed by atoms with van der Waals surface area (Å²) in [5.41, 5.74) is 0.405. The van der Waals surface area contributed by atoms with E-state index in [2.05, 4.69) is 15.1 Å². The van der Waals surface area contributed by atoms with Gasteiger partial charge in [0.25, 0.3) is 0 Å². The highest BCUT2D eigenvalue weighted by Gasteiger charge is 2.20. The molecule has 0 aliphatic rings. The van der Waals surface area contributed by atoms with Crippen molar-refractivity contribution in [2.45, 2.75) is 26.4 Å². The molecule has 6 heteroatoms. The van der Waals surface area contributed by atoms with Crippen molar-refractivity contribution in [1.82, 2.24) is 19.7 Å². The molecule has 0 atom stereocenters. The van der Waals surface area contributed by atoms with Crippen molar-refractivity contribution in [1.29, 1.82) is 0 Å². The molecule has 0 spiro atoms. The molecule has 0 fully saturated rings. The maximum atomic E-state index is 11.7.